The van der Waals surface area contributed by atoms with Crippen LogP contribution in [-0.2, 0) is 11.3 Å². The first kappa shape index (κ1) is 15.0. The molecule has 20 heavy (non-hydrogen) atoms. The van der Waals surface area contributed by atoms with Crippen LogP contribution in [0.15, 0.2) is 6.33 Å². The van der Waals surface area contributed by atoms with E-state index in [1.165, 1.54) is 0 Å². The van der Waals surface area contributed by atoms with Crippen LogP contribution in [0.1, 0.15) is 51.9 Å². The van der Waals surface area contributed by atoms with E-state index in [1.54, 1.807) is 6.33 Å². The standard InChI is InChI=1S/C14H24N4O2/c1-4-14(13(19)20)6-5-7-17(9-14)8-12-15-10-16-18(12)11(2)3/h10-11H,4-9H2,1-3H3,(H,19,20). The van der Waals surface area contributed by atoms with Gasteiger partial charge in [0.05, 0.1) is 12.0 Å². The fraction of sp³-hybridized carbons (Fsp3) is 0.786. The van der Waals surface area contributed by atoms with E-state index in [0.717, 1.165) is 25.2 Å². The van der Waals surface area contributed by atoms with E-state index in [9.17, 15) is 9.90 Å². The SMILES string of the molecule is CCC1(C(=O)O)CCCN(Cc2ncnn2C(C)C)C1. The second-order valence-corrected chi connectivity index (χ2v) is 5.97. The van der Waals surface area contributed by atoms with E-state index < -0.39 is 11.4 Å². The highest BCUT2D eigenvalue weighted by atomic mass is 16.4. The Hall–Kier alpha value is -1.43. The molecule has 1 aromatic heterocycles. The van der Waals surface area contributed by atoms with Gasteiger partial charge < -0.3 is 5.11 Å². The lowest BCUT2D eigenvalue weighted by Crippen LogP contribution is -2.47. The maximum atomic E-state index is 11.6. The molecule has 1 N–H and O–H groups in total. The summed E-state index contributed by atoms with van der Waals surface area (Å²) < 4.78 is 1.91. The zero-order chi connectivity index (χ0) is 14.8. The van der Waals surface area contributed by atoms with Gasteiger partial charge in [0.2, 0.25) is 0 Å². The Labute approximate surface area is 119 Å². The summed E-state index contributed by atoms with van der Waals surface area (Å²) in [6.07, 6.45) is 3.95. The van der Waals surface area contributed by atoms with E-state index in [4.69, 9.17) is 0 Å². The Morgan fingerprint density at radius 2 is 2.30 bits per heavy atom. The molecule has 2 heterocycles. The molecule has 0 amide bonds. The summed E-state index contributed by atoms with van der Waals surface area (Å²) in [5, 5.41) is 13.8. The number of carboxylic acid groups (broad SMARTS) is 1. The highest BCUT2D eigenvalue weighted by Crippen LogP contribution is 2.34. The van der Waals surface area contributed by atoms with Crippen molar-refractivity contribution >= 4 is 5.97 Å². The average Bonchev–Trinajstić information content (AvgIpc) is 2.87. The summed E-state index contributed by atoms with van der Waals surface area (Å²) in [4.78, 5) is 18.1. The van der Waals surface area contributed by atoms with Crippen molar-refractivity contribution in [3.8, 4) is 0 Å². The Morgan fingerprint density at radius 1 is 1.55 bits per heavy atom. The highest BCUT2D eigenvalue weighted by Gasteiger charge is 2.40. The Morgan fingerprint density at radius 3 is 2.90 bits per heavy atom. The van der Waals surface area contributed by atoms with Crippen LogP contribution in [0.4, 0.5) is 0 Å². The van der Waals surface area contributed by atoms with E-state index in [-0.39, 0.29) is 6.04 Å². The molecule has 1 fully saturated rings. The number of nitrogens with zero attached hydrogens (tertiary/aromatic N) is 4. The largest absolute Gasteiger partial charge is 0.481 e. The molecule has 1 saturated heterocycles. The number of rotatable bonds is 5. The first-order valence-electron chi connectivity index (χ1n) is 7.32. The van der Waals surface area contributed by atoms with Crippen LogP contribution < -0.4 is 0 Å². The third-order valence-corrected chi connectivity index (χ3v) is 4.29. The maximum absolute atomic E-state index is 11.6. The molecule has 0 spiro atoms. The van der Waals surface area contributed by atoms with Gasteiger partial charge in [-0.2, -0.15) is 5.10 Å². The van der Waals surface area contributed by atoms with Crippen LogP contribution in [0, 0.1) is 5.41 Å². The summed E-state index contributed by atoms with van der Waals surface area (Å²) in [6, 6.07) is 0.271. The van der Waals surface area contributed by atoms with Gasteiger partial charge in [-0.25, -0.2) is 9.67 Å². The minimum atomic E-state index is -0.671. The minimum Gasteiger partial charge on any atom is -0.481 e. The van der Waals surface area contributed by atoms with Crippen molar-refractivity contribution in [2.24, 2.45) is 5.41 Å². The Balaban J connectivity index is 2.10. The monoisotopic (exact) mass is 280 g/mol. The van der Waals surface area contributed by atoms with Crippen molar-refractivity contribution in [1.29, 1.82) is 0 Å². The van der Waals surface area contributed by atoms with Crippen LogP contribution in [0.2, 0.25) is 0 Å². The number of carbonyl (C=O) groups is 1. The molecule has 6 heteroatoms. The van der Waals surface area contributed by atoms with Crippen molar-refractivity contribution in [1.82, 2.24) is 19.7 Å². The first-order valence-corrected chi connectivity index (χ1v) is 7.32. The Bertz CT molecular complexity index is 471. The topological polar surface area (TPSA) is 71.2 Å². The summed E-state index contributed by atoms with van der Waals surface area (Å²) in [5.74, 6) is 0.243. The zero-order valence-corrected chi connectivity index (χ0v) is 12.5. The quantitative estimate of drug-likeness (QED) is 0.892. The van der Waals surface area contributed by atoms with Crippen molar-refractivity contribution in [2.75, 3.05) is 13.1 Å². The zero-order valence-electron chi connectivity index (χ0n) is 12.5. The predicted octanol–water partition coefficient (Wildman–Crippen LogP) is 1.94. The van der Waals surface area contributed by atoms with Gasteiger partial charge in [-0.05, 0) is 39.7 Å². The molecule has 2 rings (SSSR count). The van der Waals surface area contributed by atoms with Crippen molar-refractivity contribution in [2.45, 2.75) is 52.6 Å². The molecule has 1 atom stereocenters. The van der Waals surface area contributed by atoms with E-state index in [1.807, 2.05) is 11.6 Å². The smallest absolute Gasteiger partial charge is 0.310 e. The number of hydrogen-bond donors (Lipinski definition) is 1. The molecule has 0 saturated carbocycles. The van der Waals surface area contributed by atoms with Crippen molar-refractivity contribution in [3.63, 3.8) is 0 Å². The Kier molecular flexibility index (Phi) is 4.42. The van der Waals surface area contributed by atoms with Crippen LogP contribution in [-0.4, -0.2) is 43.8 Å². The lowest BCUT2D eigenvalue weighted by molar-refractivity contribution is -0.153. The molecule has 0 bridgehead atoms. The minimum absolute atomic E-state index is 0.271. The molecule has 1 aromatic rings. The van der Waals surface area contributed by atoms with Gasteiger partial charge in [-0.3, -0.25) is 9.69 Å². The van der Waals surface area contributed by atoms with Crippen molar-refractivity contribution in [3.05, 3.63) is 12.2 Å². The van der Waals surface area contributed by atoms with Gasteiger partial charge in [0, 0.05) is 12.6 Å². The number of carboxylic acids is 1. The third-order valence-electron chi connectivity index (χ3n) is 4.29. The molecule has 0 aliphatic carbocycles. The fourth-order valence-electron chi connectivity index (χ4n) is 3.00. The van der Waals surface area contributed by atoms with Crippen LogP contribution in [0.3, 0.4) is 0 Å². The van der Waals surface area contributed by atoms with Crippen LogP contribution >= 0.6 is 0 Å². The lowest BCUT2D eigenvalue weighted by Gasteiger charge is -2.39. The van der Waals surface area contributed by atoms with Gasteiger partial charge in [-0.1, -0.05) is 6.92 Å². The number of aromatic nitrogens is 3. The van der Waals surface area contributed by atoms with Gasteiger partial charge in [0.25, 0.3) is 0 Å². The molecule has 1 unspecified atom stereocenters. The summed E-state index contributed by atoms with van der Waals surface area (Å²) in [5.41, 5.74) is -0.596. The molecular formula is C14H24N4O2. The molecule has 0 radical (unpaired) electrons. The van der Waals surface area contributed by atoms with E-state index >= 15 is 0 Å². The van der Waals surface area contributed by atoms with Gasteiger partial charge in [-0.15, -0.1) is 0 Å². The molecular weight excluding hydrogens is 256 g/mol. The number of piperidine rings is 1. The fourth-order valence-corrected chi connectivity index (χ4v) is 3.00. The molecule has 1 aliphatic rings. The average molecular weight is 280 g/mol. The second kappa shape index (κ2) is 5.91. The van der Waals surface area contributed by atoms with Crippen LogP contribution in [0.5, 0.6) is 0 Å². The van der Waals surface area contributed by atoms with Crippen LogP contribution in [0.25, 0.3) is 0 Å². The highest BCUT2D eigenvalue weighted by molar-refractivity contribution is 5.75. The van der Waals surface area contributed by atoms with Crippen molar-refractivity contribution < 1.29 is 9.90 Å². The third kappa shape index (κ3) is 2.85. The van der Waals surface area contributed by atoms with Gasteiger partial charge in [0.15, 0.2) is 0 Å². The number of hydrogen-bond acceptors (Lipinski definition) is 4. The molecule has 6 nitrogen and oxygen atoms in total. The maximum Gasteiger partial charge on any atom is 0.310 e. The predicted molar refractivity (Wildman–Crippen MR) is 75.3 cm³/mol. The van der Waals surface area contributed by atoms with E-state index in [0.29, 0.717) is 19.5 Å². The second-order valence-electron chi connectivity index (χ2n) is 5.97. The number of likely N-dealkylation sites (tertiary alicyclic amines) is 1. The lowest BCUT2D eigenvalue weighted by atomic mass is 9.77. The molecule has 112 valence electrons. The summed E-state index contributed by atoms with van der Waals surface area (Å²) >= 11 is 0. The van der Waals surface area contributed by atoms with Gasteiger partial charge in [0.1, 0.15) is 12.2 Å². The summed E-state index contributed by atoms with van der Waals surface area (Å²) in [6.45, 7) is 8.31. The first-order chi connectivity index (χ1) is 9.48. The molecule has 1 aliphatic heterocycles. The normalized spacial score (nSPS) is 24.2. The summed E-state index contributed by atoms with van der Waals surface area (Å²) in [7, 11) is 0. The number of aliphatic carboxylic acids is 1. The molecule has 0 aromatic carbocycles. The van der Waals surface area contributed by atoms with E-state index in [2.05, 4.69) is 28.8 Å². The van der Waals surface area contributed by atoms with Gasteiger partial charge >= 0.3 is 5.97 Å².